The van der Waals surface area contributed by atoms with Gasteiger partial charge in [0, 0.05) is 41.1 Å². The zero-order valence-corrected chi connectivity index (χ0v) is 15.6. The molecule has 1 unspecified atom stereocenters. The average molecular weight is 382 g/mol. The van der Waals surface area contributed by atoms with Gasteiger partial charge in [0.15, 0.2) is 0 Å². The van der Waals surface area contributed by atoms with Crippen molar-refractivity contribution in [1.82, 2.24) is 15.1 Å². The van der Waals surface area contributed by atoms with Crippen LogP contribution in [0.4, 0.5) is 5.69 Å². The van der Waals surface area contributed by atoms with Crippen molar-refractivity contribution in [2.45, 2.75) is 18.9 Å². The number of phenols is 1. The van der Waals surface area contributed by atoms with E-state index >= 15 is 0 Å². The van der Waals surface area contributed by atoms with Crippen LogP contribution in [-0.2, 0) is 16.1 Å². The predicted octanol–water partition coefficient (Wildman–Crippen LogP) is 2.50. The highest BCUT2D eigenvalue weighted by molar-refractivity contribution is 6.00. The molecule has 0 saturated heterocycles. The minimum absolute atomic E-state index is 0.00130. The van der Waals surface area contributed by atoms with Gasteiger partial charge in [-0.3, -0.25) is 14.7 Å². The van der Waals surface area contributed by atoms with Crippen LogP contribution in [0.3, 0.4) is 0 Å². The Labute approximate surface area is 161 Å². The van der Waals surface area contributed by atoms with Gasteiger partial charge in [0.25, 0.3) is 6.47 Å². The number of benzene rings is 2. The lowest BCUT2D eigenvalue weighted by Gasteiger charge is -2.27. The number of aromatic hydroxyl groups is 1. The van der Waals surface area contributed by atoms with Crippen molar-refractivity contribution >= 4 is 29.0 Å². The minimum Gasteiger partial charge on any atom is -0.508 e. The van der Waals surface area contributed by atoms with Crippen LogP contribution in [-0.4, -0.2) is 51.8 Å². The number of H-pyrrole nitrogens is 1. The number of nitrogens with zero attached hydrogens (tertiary/aromatic N) is 2. The van der Waals surface area contributed by atoms with Gasteiger partial charge in [0.1, 0.15) is 5.75 Å². The van der Waals surface area contributed by atoms with Crippen LogP contribution < -0.4 is 5.32 Å². The molecule has 146 valence electrons. The molecule has 0 saturated carbocycles. The van der Waals surface area contributed by atoms with E-state index in [2.05, 4.69) is 15.5 Å². The summed E-state index contributed by atoms with van der Waals surface area (Å²) >= 11 is 0. The van der Waals surface area contributed by atoms with Crippen LogP contribution in [0.15, 0.2) is 36.5 Å². The number of carboxylic acid groups (broad SMARTS) is 1. The number of rotatable bonds is 3. The maximum Gasteiger partial charge on any atom is 0.290 e. The van der Waals surface area contributed by atoms with E-state index in [1.807, 2.05) is 43.3 Å². The number of hydrogen-bond donors (Lipinski definition) is 4. The molecule has 1 aromatic heterocycles. The lowest BCUT2D eigenvalue weighted by atomic mass is 9.83. The first-order valence-electron chi connectivity index (χ1n) is 8.74. The molecule has 1 aliphatic rings. The molecule has 0 bridgehead atoms. The predicted molar refractivity (Wildman–Crippen MR) is 105 cm³/mol. The summed E-state index contributed by atoms with van der Waals surface area (Å²) in [6.07, 6.45) is 2.16. The zero-order chi connectivity index (χ0) is 20.3. The van der Waals surface area contributed by atoms with E-state index in [1.54, 1.807) is 12.3 Å². The largest absolute Gasteiger partial charge is 0.508 e. The Balaban J connectivity index is 0.000000706. The summed E-state index contributed by atoms with van der Waals surface area (Å²) in [6, 6.07) is 9.49. The molecule has 4 rings (SSSR count). The molecule has 2 heterocycles. The summed E-state index contributed by atoms with van der Waals surface area (Å²) in [6.45, 7) is 0.389. The van der Waals surface area contributed by atoms with Gasteiger partial charge >= 0.3 is 0 Å². The topological polar surface area (TPSA) is 119 Å². The first kappa shape index (κ1) is 19.4. The van der Waals surface area contributed by atoms with Crippen molar-refractivity contribution < 1.29 is 19.8 Å². The Bertz CT molecular complexity index is 1010. The number of carbonyl (C=O) groups is 2. The normalized spacial score (nSPS) is 15.5. The van der Waals surface area contributed by atoms with Gasteiger partial charge in [-0.05, 0) is 37.9 Å². The van der Waals surface area contributed by atoms with Crippen molar-refractivity contribution in [2.24, 2.45) is 0 Å². The lowest BCUT2D eigenvalue weighted by Crippen LogP contribution is -2.24. The number of fused-ring (bicyclic) bond motifs is 3. The van der Waals surface area contributed by atoms with Crippen LogP contribution >= 0.6 is 0 Å². The quantitative estimate of drug-likeness (QED) is 0.517. The Kier molecular flexibility index (Phi) is 5.60. The van der Waals surface area contributed by atoms with Crippen molar-refractivity contribution in [2.75, 3.05) is 19.4 Å². The van der Waals surface area contributed by atoms with Crippen LogP contribution in [0.2, 0.25) is 0 Å². The first-order chi connectivity index (χ1) is 13.4. The molecular weight excluding hydrogens is 360 g/mol. The second-order valence-electron chi connectivity index (χ2n) is 6.90. The van der Waals surface area contributed by atoms with Gasteiger partial charge in [-0.2, -0.15) is 5.10 Å². The Morgan fingerprint density at radius 3 is 2.75 bits per heavy atom. The molecule has 0 aliphatic carbocycles. The van der Waals surface area contributed by atoms with Crippen LogP contribution in [0.1, 0.15) is 29.0 Å². The highest BCUT2D eigenvalue weighted by atomic mass is 16.3. The molecule has 8 heteroatoms. The number of carbonyl (C=O) groups excluding carboxylic acids is 1. The standard InChI is InChI=1S/C19H20N4O2.CH2O2/c1-23(2)10-13-7-11(4-6-16(13)24)14-8-17(25)21-15-5-3-12-9-20-22-19(12)18(14)15;2-1-3/h3-7,9,14,24H,8,10H2,1-2H3,(H,20,22)(H,21,25);1H,(H,2,3). The molecule has 8 nitrogen and oxygen atoms in total. The fraction of sp³-hybridized carbons (Fsp3) is 0.250. The highest BCUT2D eigenvalue weighted by Crippen LogP contribution is 2.41. The molecule has 1 atom stereocenters. The number of nitrogens with one attached hydrogen (secondary N) is 2. The fourth-order valence-corrected chi connectivity index (χ4v) is 3.57. The monoisotopic (exact) mass is 382 g/mol. The van der Waals surface area contributed by atoms with Crippen molar-refractivity contribution in [3.8, 4) is 5.75 Å². The number of hydrogen-bond acceptors (Lipinski definition) is 5. The van der Waals surface area contributed by atoms with Gasteiger partial charge in [-0.1, -0.05) is 12.1 Å². The van der Waals surface area contributed by atoms with Crippen molar-refractivity contribution in [3.05, 3.63) is 53.2 Å². The number of phenolic OH excluding ortho intramolecular Hbond substituents is 1. The van der Waals surface area contributed by atoms with E-state index in [0.29, 0.717) is 13.0 Å². The second-order valence-corrected chi connectivity index (χ2v) is 6.90. The van der Waals surface area contributed by atoms with Gasteiger partial charge in [0.2, 0.25) is 5.91 Å². The second kappa shape index (κ2) is 8.10. The zero-order valence-electron chi connectivity index (χ0n) is 15.6. The van der Waals surface area contributed by atoms with E-state index in [4.69, 9.17) is 9.90 Å². The van der Waals surface area contributed by atoms with Crippen LogP contribution in [0.5, 0.6) is 5.75 Å². The van der Waals surface area contributed by atoms with E-state index in [0.717, 1.165) is 33.3 Å². The van der Waals surface area contributed by atoms with Gasteiger partial charge in [0.05, 0.1) is 11.7 Å². The Morgan fingerprint density at radius 1 is 1.29 bits per heavy atom. The molecule has 2 aromatic carbocycles. The maximum absolute atomic E-state index is 12.2. The minimum atomic E-state index is -0.250. The molecule has 0 spiro atoms. The number of aromatic nitrogens is 2. The summed E-state index contributed by atoms with van der Waals surface area (Å²) in [7, 11) is 3.92. The molecule has 0 fully saturated rings. The van der Waals surface area contributed by atoms with Crippen LogP contribution in [0.25, 0.3) is 10.9 Å². The average Bonchev–Trinajstić information content (AvgIpc) is 3.12. The summed E-state index contributed by atoms with van der Waals surface area (Å²) in [5.74, 6) is 0.200. The summed E-state index contributed by atoms with van der Waals surface area (Å²) in [5, 5.41) is 28.2. The molecular formula is C20H22N4O4. The third-order valence-electron chi connectivity index (χ3n) is 4.66. The van der Waals surface area contributed by atoms with E-state index < -0.39 is 0 Å². The number of aromatic amines is 1. The third kappa shape index (κ3) is 3.81. The summed E-state index contributed by atoms with van der Waals surface area (Å²) < 4.78 is 0. The Morgan fingerprint density at radius 2 is 2.04 bits per heavy atom. The summed E-state index contributed by atoms with van der Waals surface area (Å²) in [5.41, 5.74) is 4.70. The van der Waals surface area contributed by atoms with E-state index in [-0.39, 0.29) is 24.0 Å². The SMILES string of the molecule is CN(C)Cc1cc(C2CC(=O)Nc3ccc4cn[nH]c4c32)ccc1O.O=CO. The molecule has 3 aromatic rings. The molecule has 1 aliphatic heterocycles. The van der Waals surface area contributed by atoms with Crippen LogP contribution in [0, 0.1) is 0 Å². The molecule has 28 heavy (non-hydrogen) atoms. The van der Waals surface area contributed by atoms with Crippen molar-refractivity contribution in [3.63, 3.8) is 0 Å². The Hall–Kier alpha value is -3.39. The number of anilines is 1. The lowest BCUT2D eigenvalue weighted by molar-refractivity contribution is -0.123. The van der Waals surface area contributed by atoms with Gasteiger partial charge < -0.3 is 20.4 Å². The number of amides is 1. The smallest absolute Gasteiger partial charge is 0.290 e. The summed E-state index contributed by atoms with van der Waals surface area (Å²) in [4.78, 5) is 22.6. The van der Waals surface area contributed by atoms with E-state index in [1.165, 1.54) is 0 Å². The van der Waals surface area contributed by atoms with Crippen molar-refractivity contribution in [1.29, 1.82) is 0 Å². The van der Waals surface area contributed by atoms with E-state index in [9.17, 15) is 9.90 Å². The maximum atomic E-state index is 12.2. The third-order valence-corrected chi connectivity index (χ3v) is 4.66. The highest BCUT2D eigenvalue weighted by Gasteiger charge is 2.29. The molecule has 1 amide bonds. The van der Waals surface area contributed by atoms with Gasteiger partial charge in [-0.25, -0.2) is 0 Å². The molecule has 4 N–H and O–H groups in total. The van der Waals surface area contributed by atoms with Gasteiger partial charge in [-0.15, -0.1) is 0 Å². The fourth-order valence-electron chi connectivity index (χ4n) is 3.57. The first-order valence-corrected chi connectivity index (χ1v) is 8.74. The molecule has 0 radical (unpaired) electrons.